The van der Waals surface area contributed by atoms with Gasteiger partial charge in [0.2, 0.25) is 0 Å². The van der Waals surface area contributed by atoms with Crippen LogP contribution in [0, 0.1) is 0 Å². The highest BCUT2D eigenvalue weighted by Crippen LogP contribution is 2.29. The van der Waals surface area contributed by atoms with Crippen molar-refractivity contribution in [3.05, 3.63) is 65.9 Å². The zero-order valence-corrected chi connectivity index (χ0v) is 11.1. The van der Waals surface area contributed by atoms with Crippen LogP contribution in [0.2, 0.25) is 0 Å². The Hall–Kier alpha value is -2.43. The predicted molar refractivity (Wildman–Crippen MR) is 76.9 cm³/mol. The maximum absolute atomic E-state index is 12.5. The Morgan fingerprint density at radius 1 is 0.952 bits per heavy atom. The molecule has 0 unspecified atom stereocenters. The Bertz CT molecular complexity index is 770. The third-order valence-corrected chi connectivity index (χ3v) is 3.43. The highest BCUT2D eigenvalue weighted by molar-refractivity contribution is 5.83. The minimum atomic E-state index is -4.30. The number of rotatable bonds is 2. The second-order valence-corrected chi connectivity index (χ2v) is 4.96. The summed E-state index contributed by atoms with van der Waals surface area (Å²) in [7, 11) is 0. The van der Waals surface area contributed by atoms with Crippen LogP contribution < -0.4 is 5.73 Å². The van der Waals surface area contributed by atoms with Crippen LogP contribution in [-0.4, -0.2) is 4.57 Å². The van der Waals surface area contributed by atoms with Crippen LogP contribution in [0.15, 0.2) is 54.7 Å². The number of nitrogens with two attached hydrogens (primary N) is 1. The molecular formula is C16H13F3N2. The van der Waals surface area contributed by atoms with Crippen LogP contribution in [0.5, 0.6) is 0 Å². The highest BCUT2D eigenvalue weighted by Gasteiger charge is 2.29. The number of benzene rings is 2. The Balaban J connectivity index is 1.88. The van der Waals surface area contributed by atoms with Crippen molar-refractivity contribution in [2.75, 3.05) is 5.73 Å². The number of alkyl halides is 3. The molecule has 0 aliphatic carbocycles. The lowest BCUT2D eigenvalue weighted by molar-refractivity contribution is -0.137. The van der Waals surface area contributed by atoms with Gasteiger partial charge >= 0.3 is 6.18 Å². The zero-order valence-electron chi connectivity index (χ0n) is 11.1. The summed E-state index contributed by atoms with van der Waals surface area (Å²) < 4.78 is 39.6. The summed E-state index contributed by atoms with van der Waals surface area (Å²) in [5.41, 5.74) is 7.61. The number of nitrogens with zero attached hydrogens (tertiary/aromatic N) is 1. The molecule has 0 aliphatic heterocycles. The van der Waals surface area contributed by atoms with E-state index in [1.165, 1.54) is 12.1 Å². The fourth-order valence-corrected chi connectivity index (χ4v) is 2.35. The monoisotopic (exact) mass is 290 g/mol. The molecule has 0 radical (unpaired) electrons. The standard InChI is InChI=1S/C16H13F3N2/c17-16(18,19)13-3-1-11(2-4-13)10-21-8-7-12-9-14(20)5-6-15(12)21/h1-9H,10,20H2. The molecular weight excluding hydrogens is 277 g/mol. The van der Waals surface area contributed by atoms with E-state index < -0.39 is 11.7 Å². The molecule has 0 amide bonds. The fraction of sp³-hybridized carbons (Fsp3) is 0.125. The first-order valence-corrected chi connectivity index (χ1v) is 6.44. The Labute approximate surface area is 119 Å². The van der Waals surface area contributed by atoms with E-state index in [4.69, 9.17) is 5.73 Å². The van der Waals surface area contributed by atoms with E-state index in [0.29, 0.717) is 12.2 Å². The van der Waals surface area contributed by atoms with Gasteiger partial charge in [-0.25, -0.2) is 0 Å². The van der Waals surface area contributed by atoms with Gasteiger partial charge in [-0.3, -0.25) is 0 Å². The number of hydrogen-bond acceptors (Lipinski definition) is 1. The van der Waals surface area contributed by atoms with Gasteiger partial charge in [-0.05, 0) is 42.0 Å². The van der Waals surface area contributed by atoms with Gasteiger partial charge in [-0.2, -0.15) is 13.2 Å². The van der Waals surface area contributed by atoms with E-state index in [0.717, 1.165) is 28.6 Å². The van der Waals surface area contributed by atoms with Gasteiger partial charge in [0.25, 0.3) is 0 Å². The molecule has 0 fully saturated rings. The Morgan fingerprint density at radius 3 is 2.33 bits per heavy atom. The van der Waals surface area contributed by atoms with Gasteiger partial charge in [0.15, 0.2) is 0 Å². The van der Waals surface area contributed by atoms with Crippen LogP contribution in [0.4, 0.5) is 18.9 Å². The second kappa shape index (κ2) is 4.84. The molecule has 108 valence electrons. The highest BCUT2D eigenvalue weighted by atomic mass is 19.4. The van der Waals surface area contributed by atoms with Crippen molar-refractivity contribution in [1.82, 2.24) is 4.57 Å². The molecule has 1 heterocycles. The molecule has 0 saturated carbocycles. The summed E-state index contributed by atoms with van der Waals surface area (Å²) >= 11 is 0. The van der Waals surface area contributed by atoms with Crippen LogP contribution in [0.3, 0.4) is 0 Å². The molecule has 5 heteroatoms. The van der Waals surface area contributed by atoms with Crippen LogP contribution >= 0.6 is 0 Å². The molecule has 3 rings (SSSR count). The van der Waals surface area contributed by atoms with E-state index in [2.05, 4.69) is 0 Å². The van der Waals surface area contributed by atoms with Gasteiger partial charge in [0.05, 0.1) is 5.56 Å². The van der Waals surface area contributed by atoms with Gasteiger partial charge < -0.3 is 10.3 Å². The molecule has 0 atom stereocenters. The first-order valence-electron chi connectivity index (χ1n) is 6.44. The van der Waals surface area contributed by atoms with Gasteiger partial charge in [0.1, 0.15) is 0 Å². The average Bonchev–Trinajstić information content (AvgIpc) is 2.80. The van der Waals surface area contributed by atoms with Crippen molar-refractivity contribution < 1.29 is 13.2 Å². The zero-order chi connectivity index (χ0) is 15.0. The second-order valence-electron chi connectivity index (χ2n) is 4.96. The summed E-state index contributed by atoms with van der Waals surface area (Å²) in [5.74, 6) is 0. The van der Waals surface area contributed by atoms with E-state index in [-0.39, 0.29) is 0 Å². The molecule has 0 saturated heterocycles. The summed E-state index contributed by atoms with van der Waals surface area (Å²) in [5, 5.41) is 1.02. The van der Waals surface area contributed by atoms with Crippen molar-refractivity contribution in [2.45, 2.75) is 12.7 Å². The van der Waals surface area contributed by atoms with Gasteiger partial charge in [0, 0.05) is 29.3 Å². The van der Waals surface area contributed by atoms with Crippen LogP contribution in [-0.2, 0) is 12.7 Å². The first kappa shape index (κ1) is 13.5. The third kappa shape index (κ3) is 2.72. The number of nitrogen functional groups attached to an aromatic ring is 1. The lowest BCUT2D eigenvalue weighted by atomic mass is 10.1. The fourth-order valence-electron chi connectivity index (χ4n) is 2.35. The summed E-state index contributed by atoms with van der Waals surface area (Å²) in [6.07, 6.45) is -2.39. The molecule has 2 N–H and O–H groups in total. The molecule has 3 aromatic rings. The summed E-state index contributed by atoms with van der Waals surface area (Å²) in [6, 6.07) is 12.8. The number of fused-ring (bicyclic) bond motifs is 1. The minimum absolute atomic E-state index is 0.519. The van der Waals surface area contributed by atoms with Crippen molar-refractivity contribution in [2.24, 2.45) is 0 Å². The van der Waals surface area contributed by atoms with E-state index in [9.17, 15) is 13.2 Å². The number of halogens is 3. The van der Waals surface area contributed by atoms with Crippen LogP contribution in [0.25, 0.3) is 10.9 Å². The van der Waals surface area contributed by atoms with Crippen molar-refractivity contribution in [3.63, 3.8) is 0 Å². The van der Waals surface area contributed by atoms with Crippen LogP contribution in [0.1, 0.15) is 11.1 Å². The first-order chi connectivity index (χ1) is 9.93. The number of hydrogen-bond donors (Lipinski definition) is 1. The lowest BCUT2D eigenvalue weighted by Crippen LogP contribution is -2.05. The summed E-state index contributed by atoms with van der Waals surface area (Å²) in [4.78, 5) is 0. The Kier molecular flexibility index (Phi) is 3.12. The minimum Gasteiger partial charge on any atom is -0.399 e. The molecule has 2 nitrogen and oxygen atoms in total. The quantitative estimate of drug-likeness (QED) is 0.701. The summed E-state index contributed by atoms with van der Waals surface area (Å²) in [6.45, 7) is 0.519. The molecule has 2 aromatic carbocycles. The number of anilines is 1. The van der Waals surface area contributed by atoms with Gasteiger partial charge in [-0.1, -0.05) is 12.1 Å². The SMILES string of the molecule is Nc1ccc2c(ccn2Cc2ccc(C(F)(F)F)cc2)c1. The third-order valence-electron chi connectivity index (χ3n) is 3.43. The van der Waals surface area contributed by atoms with Crippen molar-refractivity contribution >= 4 is 16.6 Å². The van der Waals surface area contributed by atoms with Gasteiger partial charge in [-0.15, -0.1) is 0 Å². The smallest absolute Gasteiger partial charge is 0.399 e. The normalized spacial score (nSPS) is 12.0. The Morgan fingerprint density at radius 2 is 1.67 bits per heavy atom. The molecule has 0 bridgehead atoms. The maximum atomic E-state index is 12.5. The van der Waals surface area contributed by atoms with E-state index in [1.54, 1.807) is 0 Å². The van der Waals surface area contributed by atoms with E-state index in [1.807, 2.05) is 35.0 Å². The topological polar surface area (TPSA) is 30.9 Å². The number of aromatic nitrogens is 1. The van der Waals surface area contributed by atoms with Crippen molar-refractivity contribution in [3.8, 4) is 0 Å². The largest absolute Gasteiger partial charge is 0.416 e. The maximum Gasteiger partial charge on any atom is 0.416 e. The molecule has 0 spiro atoms. The lowest BCUT2D eigenvalue weighted by Gasteiger charge is -2.09. The van der Waals surface area contributed by atoms with E-state index >= 15 is 0 Å². The molecule has 1 aromatic heterocycles. The predicted octanol–water partition coefficient (Wildman–Crippen LogP) is 4.29. The molecule has 21 heavy (non-hydrogen) atoms. The average molecular weight is 290 g/mol. The van der Waals surface area contributed by atoms with Crippen molar-refractivity contribution in [1.29, 1.82) is 0 Å². The molecule has 0 aliphatic rings.